The molecule has 0 aliphatic rings. The normalized spacial score (nSPS) is 12.6. The molecule has 1 aromatic heterocycles. The van der Waals surface area contributed by atoms with Crippen molar-refractivity contribution in [2.45, 2.75) is 32.9 Å². The van der Waals surface area contributed by atoms with Gasteiger partial charge in [0.05, 0.1) is 18.3 Å². The highest BCUT2D eigenvalue weighted by molar-refractivity contribution is 5.78. The zero-order valence-corrected chi connectivity index (χ0v) is 10.1. The average Bonchev–Trinajstić information content (AvgIpc) is 2.29. The van der Waals surface area contributed by atoms with E-state index in [1.807, 2.05) is 39.0 Å². The van der Waals surface area contributed by atoms with Crippen LogP contribution in [0.3, 0.4) is 0 Å². The van der Waals surface area contributed by atoms with Gasteiger partial charge in [-0.2, -0.15) is 0 Å². The molecule has 0 spiro atoms. The zero-order valence-electron chi connectivity index (χ0n) is 10.1. The lowest BCUT2D eigenvalue weighted by atomic mass is 10.1. The highest BCUT2D eigenvalue weighted by Gasteiger charge is 2.23. The zero-order chi connectivity index (χ0) is 12.1. The molecule has 0 fully saturated rings. The van der Waals surface area contributed by atoms with Crippen molar-refractivity contribution < 1.29 is 4.79 Å². The van der Waals surface area contributed by atoms with Gasteiger partial charge in [0.15, 0.2) is 0 Å². The molecule has 4 nitrogen and oxygen atoms in total. The molecule has 0 saturated heterocycles. The molecule has 1 aromatic rings. The van der Waals surface area contributed by atoms with E-state index >= 15 is 0 Å². The fourth-order valence-electron chi connectivity index (χ4n) is 1.82. The van der Waals surface area contributed by atoms with Crippen molar-refractivity contribution in [3.8, 4) is 0 Å². The number of nitrogens with two attached hydrogens (primary N) is 1. The summed E-state index contributed by atoms with van der Waals surface area (Å²) in [5, 5.41) is 0. The number of nitrogens with zero attached hydrogens (tertiary/aromatic N) is 2. The first-order chi connectivity index (χ1) is 7.57. The predicted octanol–water partition coefficient (Wildman–Crippen LogP) is 1.34. The van der Waals surface area contributed by atoms with Gasteiger partial charge < -0.3 is 10.6 Å². The largest absolute Gasteiger partial charge is 0.331 e. The molecule has 2 N–H and O–H groups in total. The molecule has 0 unspecified atom stereocenters. The van der Waals surface area contributed by atoms with Crippen molar-refractivity contribution >= 4 is 5.91 Å². The Morgan fingerprint density at radius 2 is 2.12 bits per heavy atom. The summed E-state index contributed by atoms with van der Waals surface area (Å²) in [4.78, 5) is 17.8. The van der Waals surface area contributed by atoms with Gasteiger partial charge in [-0.25, -0.2) is 0 Å². The quantitative estimate of drug-likeness (QED) is 0.834. The smallest absolute Gasteiger partial charge is 0.237 e. The van der Waals surface area contributed by atoms with Crippen LogP contribution in [0.4, 0.5) is 0 Å². The maximum atomic E-state index is 11.7. The third-order valence-electron chi connectivity index (χ3n) is 2.55. The second kappa shape index (κ2) is 5.61. The molecule has 1 atom stereocenters. The maximum Gasteiger partial charge on any atom is 0.237 e. The number of amides is 1. The molecule has 1 amide bonds. The number of aromatic nitrogens is 1. The van der Waals surface area contributed by atoms with E-state index in [1.165, 1.54) is 0 Å². The van der Waals surface area contributed by atoms with Crippen molar-refractivity contribution in [1.29, 1.82) is 0 Å². The Bertz CT molecular complexity index is 337. The van der Waals surface area contributed by atoms with Crippen LogP contribution >= 0.6 is 0 Å². The lowest BCUT2D eigenvalue weighted by Crippen LogP contribution is -2.42. The van der Waals surface area contributed by atoms with Crippen molar-refractivity contribution in [3.05, 3.63) is 30.1 Å². The molecule has 0 aliphatic heterocycles. The molecule has 0 aromatic carbocycles. The van der Waals surface area contributed by atoms with Crippen molar-refractivity contribution in [3.63, 3.8) is 0 Å². The van der Waals surface area contributed by atoms with Crippen LogP contribution in [0.25, 0.3) is 0 Å². The summed E-state index contributed by atoms with van der Waals surface area (Å²) in [7, 11) is 0. The number of pyridine rings is 1. The highest BCUT2D eigenvalue weighted by atomic mass is 16.2. The third kappa shape index (κ3) is 2.79. The molecule has 16 heavy (non-hydrogen) atoms. The van der Waals surface area contributed by atoms with Crippen molar-refractivity contribution in [2.24, 2.45) is 5.73 Å². The summed E-state index contributed by atoms with van der Waals surface area (Å²) < 4.78 is 0. The summed E-state index contributed by atoms with van der Waals surface area (Å²) in [5.74, 6) is -0.0480. The van der Waals surface area contributed by atoms with Crippen LogP contribution in [0.5, 0.6) is 0 Å². The molecule has 88 valence electrons. The van der Waals surface area contributed by atoms with Gasteiger partial charge in [-0.3, -0.25) is 9.78 Å². The maximum absolute atomic E-state index is 11.7. The number of carbonyl (C=O) groups is 1. The number of hydrogen-bond donors (Lipinski definition) is 1. The van der Waals surface area contributed by atoms with E-state index in [9.17, 15) is 4.79 Å². The molecular formula is C12H19N3O. The second-order valence-corrected chi connectivity index (χ2v) is 4.03. The number of carbonyl (C=O) groups excluding carboxylic acids is 1. The summed E-state index contributed by atoms with van der Waals surface area (Å²) in [6.07, 6.45) is 1.73. The van der Waals surface area contributed by atoms with E-state index in [4.69, 9.17) is 5.73 Å². The van der Waals surface area contributed by atoms with Crippen molar-refractivity contribution in [2.75, 3.05) is 6.54 Å². The molecule has 1 rings (SSSR count). The van der Waals surface area contributed by atoms with E-state index < -0.39 is 0 Å². The van der Waals surface area contributed by atoms with E-state index in [-0.39, 0.29) is 24.5 Å². The van der Waals surface area contributed by atoms with E-state index in [0.29, 0.717) is 0 Å². The Balaban J connectivity index is 2.92. The van der Waals surface area contributed by atoms with Crippen LogP contribution in [-0.2, 0) is 4.79 Å². The van der Waals surface area contributed by atoms with E-state index in [2.05, 4.69) is 4.98 Å². The molecule has 0 bridgehead atoms. The minimum absolute atomic E-state index is 0.0371. The van der Waals surface area contributed by atoms with Crippen LogP contribution in [-0.4, -0.2) is 28.4 Å². The Morgan fingerprint density at radius 1 is 1.44 bits per heavy atom. The number of hydrogen-bond acceptors (Lipinski definition) is 3. The molecule has 0 saturated carbocycles. The van der Waals surface area contributed by atoms with Crippen LogP contribution in [0.1, 0.15) is 32.5 Å². The standard InChI is InChI=1S/C12H19N3O/c1-9(2)15(12(16)8-13)10(3)11-6-4-5-7-14-11/h4-7,9-10H,8,13H2,1-3H3/t10-/m0/s1. The Morgan fingerprint density at radius 3 is 2.56 bits per heavy atom. The fraction of sp³-hybridized carbons (Fsp3) is 0.500. The van der Waals surface area contributed by atoms with Gasteiger partial charge in [-0.05, 0) is 32.9 Å². The third-order valence-corrected chi connectivity index (χ3v) is 2.55. The van der Waals surface area contributed by atoms with Crippen LogP contribution in [0, 0.1) is 0 Å². The topological polar surface area (TPSA) is 59.2 Å². The average molecular weight is 221 g/mol. The molecule has 0 aliphatic carbocycles. The Hall–Kier alpha value is -1.42. The Labute approximate surface area is 96.5 Å². The molecular weight excluding hydrogens is 202 g/mol. The van der Waals surface area contributed by atoms with Gasteiger partial charge in [-0.1, -0.05) is 6.07 Å². The summed E-state index contributed by atoms with van der Waals surface area (Å²) in [5.41, 5.74) is 6.30. The lowest BCUT2D eigenvalue weighted by Gasteiger charge is -2.32. The summed E-state index contributed by atoms with van der Waals surface area (Å²) >= 11 is 0. The van der Waals surface area contributed by atoms with Crippen LogP contribution in [0.15, 0.2) is 24.4 Å². The van der Waals surface area contributed by atoms with Crippen LogP contribution in [0.2, 0.25) is 0 Å². The van der Waals surface area contributed by atoms with Gasteiger partial charge in [0, 0.05) is 12.2 Å². The van der Waals surface area contributed by atoms with Gasteiger partial charge >= 0.3 is 0 Å². The van der Waals surface area contributed by atoms with E-state index in [0.717, 1.165) is 5.69 Å². The molecule has 0 radical (unpaired) electrons. The fourth-order valence-corrected chi connectivity index (χ4v) is 1.82. The minimum atomic E-state index is -0.0480. The summed E-state index contributed by atoms with van der Waals surface area (Å²) in [6, 6.07) is 5.78. The van der Waals surface area contributed by atoms with Crippen LogP contribution < -0.4 is 5.73 Å². The first-order valence-corrected chi connectivity index (χ1v) is 5.50. The predicted molar refractivity (Wildman–Crippen MR) is 63.7 cm³/mol. The minimum Gasteiger partial charge on any atom is -0.331 e. The Kier molecular flexibility index (Phi) is 4.43. The lowest BCUT2D eigenvalue weighted by molar-refractivity contribution is -0.133. The first kappa shape index (κ1) is 12.6. The highest BCUT2D eigenvalue weighted by Crippen LogP contribution is 2.20. The summed E-state index contributed by atoms with van der Waals surface area (Å²) in [6.45, 7) is 5.96. The van der Waals surface area contributed by atoms with Gasteiger partial charge in [0.2, 0.25) is 5.91 Å². The van der Waals surface area contributed by atoms with E-state index in [1.54, 1.807) is 11.1 Å². The SMILES string of the molecule is CC(C)N(C(=O)CN)[C@@H](C)c1ccccn1. The van der Waals surface area contributed by atoms with Gasteiger partial charge in [0.25, 0.3) is 0 Å². The first-order valence-electron chi connectivity index (χ1n) is 5.50. The van der Waals surface area contributed by atoms with Crippen molar-refractivity contribution in [1.82, 2.24) is 9.88 Å². The monoisotopic (exact) mass is 221 g/mol. The van der Waals surface area contributed by atoms with Gasteiger partial charge in [-0.15, -0.1) is 0 Å². The second-order valence-electron chi connectivity index (χ2n) is 4.03. The molecule has 1 heterocycles. The van der Waals surface area contributed by atoms with Gasteiger partial charge in [0.1, 0.15) is 0 Å². The number of rotatable bonds is 4. The molecule has 4 heteroatoms.